The number of thioether (sulfide) groups is 1. The van der Waals surface area contributed by atoms with E-state index in [2.05, 4.69) is 10.3 Å². The van der Waals surface area contributed by atoms with E-state index in [0.717, 1.165) is 36.9 Å². The van der Waals surface area contributed by atoms with Gasteiger partial charge in [-0.3, -0.25) is 9.59 Å². The van der Waals surface area contributed by atoms with Gasteiger partial charge in [0.25, 0.3) is 0 Å². The van der Waals surface area contributed by atoms with Gasteiger partial charge < -0.3 is 10.2 Å². The number of nitrogens with zero attached hydrogens (tertiary/aromatic N) is 2. The highest BCUT2D eigenvalue weighted by Crippen LogP contribution is 2.29. The Morgan fingerprint density at radius 3 is 2.50 bits per heavy atom. The highest BCUT2D eigenvalue weighted by atomic mass is 32.2. The Morgan fingerprint density at radius 1 is 1.14 bits per heavy atom. The number of aromatic nitrogens is 1. The van der Waals surface area contributed by atoms with Gasteiger partial charge in [0, 0.05) is 12.7 Å². The summed E-state index contributed by atoms with van der Waals surface area (Å²) in [5.41, 5.74) is 4.96. The Labute approximate surface area is 173 Å². The number of hydrogen-bond acceptors (Lipinski definition) is 5. The molecule has 0 radical (unpaired) electrons. The molecule has 2 aromatic carbocycles. The molecule has 1 aromatic heterocycles. The van der Waals surface area contributed by atoms with Crippen LogP contribution in [0.2, 0.25) is 0 Å². The summed E-state index contributed by atoms with van der Waals surface area (Å²) < 4.78 is 1.97. The molecule has 28 heavy (non-hydrogen) atoms. The maximum absolute atomic E-state index is 12.4. The van der Waals surface area contributed by atoms with Gasteiger partial charge in [-0.15, -0.1) is 11.3 Å². The summed E-state index contributed by atoms with van der Waals surface area (Å²) >= 11 is 2.98. The van der Waals surface area contributed by atoms with Crippen LogP contribution in [-0.4, -0.2) is 41.0 Å². The molecule has 0 spiro atoms. The summed E-state index contributed by atoms with van der Waals surface area (Å²) in [6.07, 6.45) is 0. The van der Waals surface area contributed by atoms with Crippen molar-refractivity contribution in [1.29, 1.82) is 0 Å². The number of amides is 2. The molecule has 0 saturated carbocycles. The van der Waals surface area contributed by atoms with Crippen LogP contribution in [0.4, 0.5) is 5.69 Å². The number of fused-ring (bicyclic) bond motifs is 1. The highest BCUT2D eigenvalue weighted by molar-refractivity contribution is 8.01. The molecule has 0 bridgehead atoms. The number of benzene rings is 2. The normalized spacial score (nSPS) is 10.9. The summed E-state index contributed by atoms with van der Waals surface area (Å²) in [7, 11) is 1.65. The molecule has 0 fully saturated rings. The fraction of sp³-hybridized carbons (Fsp3) is 0.286. The lowest BCUT2D eigenvalue weighted by Crippen LogP contribution is -2.36. The van der Waals surface area contributed by atoms with Crippen LogP contribution < -0.4 is 5.32 Å². The number of carbonyl (C=O) groups is 2. The molecule has 7 heteroatoms. The van der Waals surface area contributed by atoms with Gasteiger partial charge in [0.05, 0.1) is 22.5 Å². The molecule has 0 aliphatic heterocycles. The monoisotopic (exact) mass is 413 g/mol. The number of para-hydroxylation sites is 1. The molecule has 1 heterocycles. The predicted molar refractivity (Wildman–Crippen MR) is 117 cm³/mol. The molecule has 146 valence electrons. The smallest absolute Gasteiger partial charge is 0.243 e. The Hall–Kier alpha value is -2.38. The lowest BCUT2D eigenvalue weighted by molar-refractivity contribution is -0.131. The number of likely N-dealkylation sites (N-methyl/N-ethyl adjacent to an activating group) is 1. The molecular weight excluding hydrogens is 390 g/mol. The lowest BCUT2D eigenvalue weighted by atomic mass is 10.1. The summed E-state index contributed by atoms with van der Waals surface area (Å²) in [4.78, 5) is 30.8. The molecule has 2 amide bonds. The first-order valence-electron chi connectivity index (χ1n) is 8.93. The van der Waals surface area contributed by atoms with Gasteiger partial charge >= 0.3 is 0 Å². The van der Waals surface area contributed by atoms with E-state index in [-0.39, 0.29) is 24.1 Å². The average Bonchev–Trinajstić information content (AvgIpc) is 3.05. The molecule has 0 unspecified atom stereocenters. The van der Waals surface area contributed by atoms with Crippen molar-refractivity contribution in [3.63, 3.8) is 0 Å². The van der Waals surface area contributed by atoms with Crippen molar-refractivity contribution in [2.24, 2.45) is 0 Å². The Morgan fingerprint density at radius 2 is 1.82 bits per heavy atom. The third kappa shape index (κ3) is 4.91. The zero-order valence-electron chi connectivity index (χ0n) is 16.4. The van der Waals surface area contributed by atoms with Crippen LogP contribution in [0.1, 0.15) is 16.7 Å². The fourth-order valence-corrected chi connectivity index (χ4v) is 5.02. The molecule has 1 N–H and O–H groups in total. The van der Waals surface area contributed by atoms with Crippen molar-refractivity contribution in [2.75, 3.05) is 24.7 Å². The SMILES string of the molecule is Cc1cc(C)c(NC(=O)CN(C)C(=O)CSc2nc3ccccc3s2)c(C)c1. The summed E-state index contributed by atoms with van der Waals surface area (Å²) in [5, 5.41) is 2.93. The maximum atomic E-state index is 12.4. The minimum absolute atomic E-state index is 0.0198. The number of rotatable bonds is 6. The van der Waals surface area contributed by atoms with Gasteiger partial charge in [-0.05, 0) is 44.0 Å². The van der Waals surface area contributed by atoms with E-state index < -0.39 is 0 Å². The van der Waals surface area contributed by atoms with Crippen LogP contribution in [0.15, 0.2) is 40.7 Å². The fourth-order valence-electron chi connectivity index (χ4n) is 3.01. The van der Waals surface area contributed by atoms with E-state index in [9.17, 15) is 9.59 Å². The zero-order chi connectivity index (χ0) is 20.3. The molecule has 0 aliphatic carbocycles. The number of nitrogens with one attached hydrogen (secondary N) is 1. The number of carbonyl (C=O) groups excluding carboxylic acids is 2. The topological polar surface area (TPSA) is 62.3 Å². The van der Waals surface area contributed by atoms with Crippen LogP contribution in [0, 0.1) is 20.8 Å². The Bertz CT molecular complexity index is 973. The Balaban J connectivity index is 1.54. The largest absolute Gasteiger partial charge is 0.336 e. The summed E-state index contributed by atoms with van der Waals surface area (Å²) in [6, 6.07) is 12.0. The average molecular weight is 414 g/mol. The number of hydrogen-bond donors (Lipinski definition) is 1. The van der Waals surface area contributed by atoms with Crippen LogP contribution in [0.5, 0.6) is 0 Å². The van der Waals surface area contributed by atoms with Gasteiger partial charge in [-0.25, -0.2) is 4.98 Å². The highest BCUT2D eigenvalue weighted by Gasteiger charge is 2.16. The van der Waals surface area contributed by atoms with Crippen molar-refractivity contribution in [1.82, 2.24) is 9.88 Å². The first-order chi connectivity index (χ1) is 13.3. The van der Waals surface area contributed by atoms with Crippen molar-refractivity contribution >= 4 is 50.8 Å². The van der Waals surface area contributed by atoms with E-state index in [0.29, 0.717) is 0 Å². The maximum Gasteiger partial charge on any atom is 0.243 e. The number of anilines is 1. The second-order valence-electron chi connectivity index (χ2n) is 6.81. The summed E-state index contributed by atoms with van der Waals surface area (Å²) in [5.74, 6) is -0.0423. The van der Waals surface area contributed by atoms with E-state index >= 15 is 0 Å². The van der Waals surface area contributed by atoms with Gasteiger partial charge in [0.2, 0.25) is 11.8 Å². The number of thiazole rings is 1. The quantitative estimate of drug-likeness (QED) is 0.608. The predicted octanol–water partition coefficient (Wildman–Crippen LogP) is 4.41. The van der Waals surface area contributed by atoms with Crippen molar-refractivity contribution in [2.45, 2.75) is 25.1 Å². The van der Waals surface area contributed by atoms with Gasteiger partial charge in [0.1, 0.15) is 0 Å². The zero-order valence-corrected chi connectivity index (χ0v) is 18.0. The molecular formula is C21H23N3O2S2. The lowest BCUT2D eigenvalue weighted by Gasteiger charge is -2.18. The molecule has 0 saturated heterocycles. The van der Waals surface area contributed by atoms with Crippen LogP contribution in [-0.2, 0) is 9.59 Å². The van der Waals surface area contributed by atoms with Gasteiger partial charge in [-0.1, -0.05) is 41.6 Å². The third-order valence-corrected chi connectivity index (χ3v) is 6.51. The van der Waals surface area contributed by atoms with Crippen molar-refractivity contribution < 1.29 is 9.59 Å². The second kappa shape index (κ2) is 8.75. The van der Waals surface area contributed by atoms with Crippen LogP contribution >= 0.6 is 23.1 Å². The first kappa shape index (κ1) is 20.4. The minimum Gasteiger partial charge on any atom is -0.336 e. The Kier molecular flexibility index (Phi) is 6.36. The van der Waals surface area contributed by atoms with Crippen molar-refractivity contribution in [3.8, 4) is 0 Å². The van der Waals surface area contributed by atoms with E-state index in [1.54, 1.807) is 18.4 Å². The third-order valence-electron chi connectivity index (χ3n) is 4.34. The molecule has 3 rings (SSSR count). The van der Waals surface area contributed by atoms with Crippen LogP contribution in [0.3, 0.4) is 0 Å². The van der Waals surface area contributed by atoms with Crippen LogP contribution in [0.25, 0.3) is 10.2 Å². The molecule has 0 aliphatic rings. The van der Waals surface area contributed by atoms with Gasteiger partial charge in [0.15, 0.2) is 4.34 Å². The van der Waals surface area contributed by atoms with E-state index in [1.807, 2.05) is 57.2 Å². The van der Waals surface area contributed by atoms with Crippen molar-refractivity contribution in [3.05, 3.63) is 53.1 Å². The van der Waals surface area contributed by atoms with E-state index in [1.165, 1.54) is 16.7 Å². The molecule has 0 atom stereocenters. The molecule has 5 nitrogen and oxygen atoms in total. The number of aryl methyl sites for hydroxylation is 3. The van der Waals surface area contributed by atoms with E-state index in [4.69, 9.17) is 0 Å². The molecule has 3 aromatic rings. The summed E-state index contributed by atoms with van der Waals surface area (Å²) in [6.45, 7) is 5.99. The van der Waals surface area contributed by atoms with Gasteiger partial charge in [-0.2, -0.15) is 0 Å². The second-order valence-corrected chi connectivity index (χ2v) is 9.06. The minimum atomic E-state index is -0.198. The first-order valence-corrected chi connectivity index (χ1v) is 10.7. The standard InChI is InChI=1S/C21H23N3O2S2/c1-13-9-14(2)20(15(3)10-13)23-18(25)11-24(4)19(26)12-27-21-22-16-7-5-6-8-17(16)28-21/h5-10H,11-12H2,1-4H3,(H,23,25).